The lowest BCUT2D eigenvalue weighted by atomic mass is 9.91. The summed E-state index contributed by atoms with van der Waals surface area (Å²) < 4.78 is 0. The molecule has 0 amide bonds. The summed E-state index contributed by atoms with van der Waals surface area (Å²) in [7, 11) is 1.54. The number of rotatable bonds is 2. The zero-order chi connectivity index (χ0) is 18.7. The first-order chi connectivity index (χ1) is 13.1. The topological polar surface area (TPSA) is 0 Å². The summed E-state index contributed by atoms with van der Waals surface area (Å²) in [5.41, 5.74) is 14.3. The summed E-state index contributed by atoms with van der Waals surface area (Å²) in [5.74, 6) is 4.82. The Hall–Kier alpha value is -2.00. The van der Waals surface area contributed by atoms with Gasteiger partial charge in [-0.15, -0.1) is 16.4 Å². The minimum atomic E-state index is 0.768. The highest BCUT2D eigenvalue weighted by molar-refractivity contribution is 7.34. The molecule has 2 heterocycles. The highest BCUT2D eigenvalue weighted by atomic mass is 31.0. The maximum atomic E-state index is 2.41. The zero-order valence-corrected chi connectivity index (χ0v) is 18.2. The average Bonchev–Trinajstić information content (AvgIpc) is 3.32. The molecule has 0 fully saturated rings. The number of benzene rings is 2. The lowest BCUT2D eigenvalue weighted by Crippen LogP contribution is -1.92. The highest BCUT2D eigenvalue weighted by Gasteiger charge is 2.26. The quantitative estimate of drug-likeness (QED) is 0.290. The van der Waals surface area contributed by atoms with Gasteiger partial charge in [-0.3, -0.25) is 0 Å². The maximum absolute atomic E-state index is 2.41. The van der Waals surface area contributed by atoms with Crippen LogP contribution in [0.25, 0.3) is 32.8 Å². The van der Waals surface area contributed by atoms with E-state index in [2.05, 4.69) is 82.1 Å². The molecule has 2 atom stereocenters. The van der Waals surface area contributed by atoms with Crippen molar-refractivity contribution >= 4 is 16.4 Å². The Kier molecular flexibility index (Phi) is 3.98. The minimum Gasteiger partial charge on any atom is -0.131 e. The fraction of sp³-hybridized carbons (Fsp3) is 0.160. The average molecular weight is 385 g/mol. The number of fused-ring (bicyclic) bond motifs is 3. The Morgan fingerprint density at radius 1 is 0.630 bits per heavy atom. The first-order valence-electron chi connectivity index (χ1n) is 9.47. The molecular formula is C25H23P2. The molecule has 0 bridgehead atoms. The summed E-state index contributed by atoms with van der Waals surface area (Å²) in [6.07, 6.45) is 2.41. The van der Waals surface area contributed by atoms with Gasteiger partial charge in [0.15, 0.2) is 0 Å². The van der Waals surface area contributed by atoms with E-state index in [0.717, 1.165) is 16.4 Å². The molecule has 2 heteroatoms. The summed E-state index contributed by atoms with van der Waals surface area (Å²) in [5, 5.41) is 3.07. The largest absolute Gasteiger partial charge is 0.131 e. The maximum Gasteiger partial charge on any atom is 0.0218 e. The molecule has 1 aliphatic carbocycles. The van der Waals surface area contributed by atoms with E-state index in [0.29, 0.717) is 0 Å². The predicted octanol–water partition coefficient (Wildman–Crippen LogP) is 7.90. The highest BCUT2D eigenvalue weighted by Crippen LogP contribution is 2.52. The fourth-order valence-corrected chi connectivity index (χ4v) is 6.99. The van der Waals surface area contributed by atoms with E-state index in [1.54, 1.807) is 0 Å². The van der Waals surface area contributed by atoms with Crippen LogP contribution in [0, 0.1) is 34.1 Å². The summed E-state index contributed by atoms with van der Waals surface area (Å²) in [6, 6.07) is 13.5. The monoisotopic (exact) mass is 385 g/mol. The van der Waals surface area contributed by atoms with Crippen molar-refractivity contribution in [2.45, 2.75) is 27.7 Å². The second-order valence-electron chi connectivity index (χ2n) is 7.62. The van der Waals surface area contributed by atoms with Crippen molar-refractivity contribution in [3.8, 4) is 32.8 Å². The van der Waals surface area contributed by atoms with Crippen molar-refractivity contribution < 1.29 is 0 Å². The predicted molar refractivity (Wildman–Crippen MR) is 123 cm³/mol. The van der Waals surface area contributed by atoms with Crippen LogP contribution in [0.1, 0.15) is 33.4 Å². The third-order valence-electron chi connectivity index (χ3n) is 6.11. The van der Waals surface area contributed by atoms with Crippen molar-refractivity contribution in [3.05, 3.63) is 87.8 Å². The van der Waals surface area contributed by atoms with E-state index in [9.17, 15) is 0 Å². The van der Waals surface area contributed by atoms with E-state index in [4.69, 9.17) is 0 Å². The molecule has 0 saturated heterocycles. The number of aryl methyl sites for hydroxylation is 2. The molecule has 0 aliphatic heterocycles. The Balaban J connectivity index is 1.85. The lowest BCUT2D eigenvalue weighted by Gasteiger charge is -2.16. The summed E-state index contributed by atoms with van der Waals surface area (Å²) >= 11 is 0. The Labute approximate surface area is 164 Å². The van der Waals surface area contributed by atoms with Crippen molar-refractivity contribution in [2.75, 3.05) is 0 Å². The minimum absolute atomic E-state index is 0.768. The van der Waals surface area contributed by atoms with Crippen LogP contribution in [0.3, 0.4) is 0 Å². The van der Waals surface area contributed by atoms with E-state index >= 15 is 0 Å². The molecule has 27 heavy (non-hydrogen) atoms. The first kappa shape index (κ1) is 17.1. The van der Waals surface area contributed by atoms with Gasteiger partial charge in [0.2, 0.25) is 0 Å². The molecule has 0 spiro atoms. The molecule has 133 valence electrons. The van der Waals surface area contributed by atoms with Gasteiger partial charge in [0.25, 0.3) is 0 Å². The standard InChI is InChI=1S/C25H23P2/c1-14-12-26-24(16(14)3)21-10-9-20-19-8-6-5-7-18(19)11-22(20)23(21)25-17(4)15(2)13-27-25/h5-13,26-27H,1-4H3. The molecular weight excluding hydrogens is 362 g/mol. The van der Waals surface area contributed by atoms with Gasteiger partial charge in [0, 0.05) is 17.0 Å². The van der Waals surface area contributed by atoms with E-state index < -0.39 is 0 Å². The van der Waals surface area contributed by atoms with Crippen LogP contribution in [-0.4, -0.2) is 0 Å². The first-order valence-corrected chi connectivity index (χ1v) is 11.6. The Morgan fingerprint density at radius 2 is 1.26 bits per heavy atom. The van der Waals surface area contributed by atoms with Crippen LogP contribution in [0.15, 0.2) is 48.0 Å². The molecule has 4 aromatic rings. The third kappa shape index (κ3) is 2.51. The molecule has 0 saturated carbocycles. The van der Waals surface area contributed by atoms with E-state index in [-0.39, 0.29) is 0 Å². The molecule has 0 N–H and O–H groups in total. The van der Waals surface area contributed by atoms with Gasteiger partial charge in [-0.05, 0) is 94.9 Å². The Morgan fingerprint density at radius 3 is 1.93 bits per heavy atom. The van der Waals surface area contributed by atoms with Crippen LogP contribution in [0.5, 0.6) is 0 Å². The summed E-state index contributed by atoms with van der Waals surface area (Å²) in [6.45, 7) is 9.09. The second kappa shape index (κ2) is 6.27. The zero-order valence-electron chi connectivity index (χ0n) is 16.2. The molecule has 0 nitrogen and oxygen atoms in total. The molecule has 2 aromatic heterocycles. The lowest BCUT2D eigenvalue weighted by molar-refractivity contribution is 1.39. The van der Waals surface area contributed by atoms with E-state index in [1.807, 2.05) is 0 Å². The van der Waals surface area contributed by atoms with Gasteiger partial charge in [-0.2, -0.15) is 0 Å². The van der Waals surface area contributed by atoms with Gasteiger partial charge >= 0.3 is 0 Å². The van der Waals surface area contributed by atoms with Crippen molar-refractivity contribution in [3.63, 3.8) is 0 Å². The van der Waals surface area contributed by atoms with Crippen LogP contribution < -0.4 is 0 Å². The smallest absolute Gasteiger partial charge is 0.0218 e. The molecule has 2 aromatic carbocycles. The van der Waals surface area contributed by atoms with Crippen LogP contribution in [0.4, 0.5) is 0 Å². The van der Waals surface area contributed by atoms with Gasteiger partial charge in [-0.25, -0.2) is 0 Å². The third-order valence-corrected chi connectivity index (χ3v) is 9.12. The molecule has 2 unspecified atom stereocenters. The Bertz CT molecular complexity index is 1190. The fourth-order valence-electron chi connectivity index (χ4n) is 4.23. The molecule has 1 aliphatic rings. The van der Waals surface area contributed by atoms with Crippen molar-refractivity contribution in [1.29, 1.82) is 0 Å². The van der Waals surface area contributed by atoms with Gasteiger partial charge in [0.05, 0.1) is 0 Å². The van der Waals surface area contributed by atoms with Crippen molar-refractivity contribution in [2.24, 2.45) is 0 Å². The number of hydrogen-bond donors (Lipinski definition) is 0. The normalized spacial score (nSPS) is 12.9. The number of hydrogen-bond acceptors (Lipinski definition) is 0. The second-order valence-corrected chi connectivity index (χ2v) is 9.78. The van der Waals surface area contributed by atoms with Crippen molar-refractivity contribution in [1.82, 2.24) is 0 Å². The van der Waals surface area contributed by atoms with Crippen LogP contribution in [0.2, 0.25) is 0 Å². The van der Waals surface area contributed by atoms with E-state index in [1.165, 1.54) is 66.2 Å². The molecule has 1 radical (unpaired) electrons. The van der Waals surface area contributed by atoms with Crippen LogP contribution >= 0.6 is 16.4 Å². The van der Waals surface area contributed by atoms with Gasteiger partial charge in [0.1, 0.15) is 0 Å². The molecule has 5 rings (SSSR count). The van der Waals surface area contributed by atoms with Gasteiger partial charge in [-0.1, -0.05) is 36.4 Å². The summed E-state index contributed by atoms with van der Waals surface area (Å²) in [4.78, 5) is 0. The van der Waals surface area contributed by atoms with Crippen LogP contribution in [-0.2, 0) is 0 Å². The van der Waals surface area contributed by atoms with Gasteiger partial charge < -0.3 is 0 Å². The SMILES string of the molecule is Cc1c[pH]c(-c2ccc3c(c2-c2[pH]cc(C)c2C)[CH]c2ccccc2-3)c1C.